The van der Waals surface area contributed by atoms with Gasteiger partial charge in [-0.05, 0) is 61.3 Å². The van der Waals surface area contributed by atoms with Gasteiger partial charge >= 0.3 is 0 Å². The molecule has 0 aliphatic carbocycles. The maximum atomic E-state index is 5.93. The van der Waals surface area contributed by atoms with Gasteiger partial charge in [-0.15, -0.1) is 0 Å². The molecule has 0 aliphatic heterocycles. The van der Waals surface area contributed by atoms with Crippen molar-refractivity contribution < 1.29 is 4.74 Å². The number of nitrogens with two attached hydrogens (primary N) is 1. The molecule has 0 saturated carbocycles. The van der Waals surface area contributed by atoms with Crippen LogP contribution in [0.5, 0.6) is 5.75 Å². The highest BCUT2D eigenvalue weighted by molar-refractivity contribution is 5.30. The minimum absolute atomic E-state index is 0.309. The summed E-state index contributed by atoms with van der Waals surface area (Å²) in [5, 5.41) is 0. The largest absolute Gasteiger partial charge is 0.494 e. The maximum absolute atomic E-state index is 5.93. The first-order valence-electron chi connectivity index (χ1n) is 7.99. The predicted octanol–water partition coefficient (Wildman–Crippen LogP) is 4.73. The zero-order valence-corrected chi connectivity index (χ0v) is 13.6. The molecule has 20 heavy (non-hydrogen) atoms. The number of hydrogen-bond donors (Lipinski definition) is 1. The second-order valence-corrected chi connectivity index (χ2v) is 6.09. The second-order valence-electron chi connectivity index (χ2n) is 6.09. The number of benzene rings is 1. The molecule has 0 aromatic heterocycles. The van der Waals surface area contributed by atoms with Gasteiger partial charge in [0.25, 0.3) is 0 Å². The summed E-state index contributed by atoms with van der Waals surface area (Å²) in [6, 6.07) is 8.43. The van der Waals surface area contributed by atoms with Crippen LogP contribution in [0.15, 0.2) is 24.3 Å². The Kier molecular flexibility index (Phi) is 7.08. The normalized spacial score (nSPS) is 11.9. The Hall–Kier alpha value is -1.02. The Labute approximate surface area is 124 Å². The van der Waals surface area contributed by atoms with Crippen molar-refractivity contribution in [2.75, 3.05) is 13.2 Å². The van der Waals surface area contributed by atoms with Crippen LogP contribution in [0.2, 0.25) is 0 Å². The minimum Gasteiger partial charge on any atom is -0.494 e. The van der Waals surface area contributed by atoms with Crippen molar-refractivity contribution in [2.45, 2.75) is 59.3 Å². The molecule has 0 radical (unpaired) electrons. The molecule has 0 bridgehead atoms. The SMILES string of the molecule is CCC(CC)(CN)CCCOc1cccc(C(C)C)c1. The average Bonchev–Trinajstić information content (AvgIpc) is 2.48. The van der Waals surface area contributed by atoms with Gasteiger partial charge in [0.1, 0.15) is 5.75 Å². The summed E-state index contributed by atoms with van der Waals surface area (Å²) in [6.45, 7) is 10.5. The Morgan fingerprint density at radius 3 is 2.45 bits per heavy atom. The summed E-state index contributed by atoms with van der Waals surface area (Å²) in [5.41, 5.74) is 7.58. The second kappa shape index (κ2) is 8.31. The molecule has 0 fully saturated rings. The average molecular weight is 277 g/mol. The molecular weight excluding hydrogens is 246 g/mol. The number of rotatable bonds is 9. The maximum Gasteiger partial charge on any atom is 0.119 e. The molecule has 1 rings (SSSR count). The van der Waals surface area contributed by atoms with Crippen LogP contribution in [-0.2, 0) is 0 Å². The van der Waals surface area contributed by atoms with Gasteiger partial charge in [-0.2, -0.15) is 0 Å². The molecule has 0 amide bonds. The van der Waals surface area contributed by atoms with Crippen LogP contribution in [0.3, 0.4) is 0 Å². The lowest BCUT2D eigenvalue weighted by atomic mass is 9.78. The molecule has 114 valence electrons. The molecule has 0 heterocycles. The van der Waals surface area contributed by atoms with E-state index in [4.69, 9.17) is 10.5 Å². The fourth-order valence-corrected chi connectivity index (χ4v) is 2.59. The van der Waals surface area contributed by atoms with Crippen molar-refractivity contribution in [3.05, 3.63) is 29.8 Å². The Morgan fingerprint density at radius 2 is 1.90 bits per heavy atom. The zero-order chi connectivity index (χ0) is 15.0. The van der Waals surface area contributed by atoms with E-state index in [1.807, 2.05) is 6.07 Å². The van der Waals surface area contributed by atoms with Gasteiger partial charge in [-0.3, -0.25) is 0 Å². The van der Waals surface area contributed by atoms with Crippen LogP contribution >= 0.6 is 0 Å². The van der Waals surface area contributed by atoms with Gasteiger partial charge in [0, 0.05) is 0 Å². The van der Waals surface area contributed by atoms with Crippen molar-refractivity contribution >= 4 is 0 Å². The van der Waals surface area contributed by atoms with Gasteiger partial charge in [-0.25, -0.2) is 0 Å². The Balaban J connectivity index is 2.43. The van der Waals surface area contributed by atoms with E-state index in [1.165, 1.54) is 5.56 Å². The van der Waals surface area contributed by atoms with E-state index in [1.54, 1.807) is 0 Å². The third kappa shape index (κ3) is 4.82. The molecule has 0 spiro atoms. The van der Waals surface area contributed by atoms with Crippen LogP contribution in [-0.4, -0.2) is 13.2 Å². The van der Waals surface area contributed by atoms with Gasteiger partial charge in [-0.1, -0.05) is 39.8 Å². The molecule has 0 aliphatic rings. The Bertz CT molecular complexity index is 374. The van der Waals surface area contributed by atoms with Crippen LogP contribution in [0.25, 0.3) is 0 Å². The monoisotopic (exact) mass is 277 g/mol. The van der Waals surface area contributed by atoms with Crippen molar-refractivity contribution in [1.29, 1.82) is 0 Å². The molecular formula is C18H31NO. The van der Waals surface area contributed by atoms with E-state index in [0.29, 0.717) is 11.3 Å². The molecule has 2 heteroatoms. The highest BCUT2D eigenvalue weighted by Gasteiger charge is 2.23. The van der Waals surface area contributed by atoms with Crippen molar-refractivity contribution in [3.8, 4) is 5.75 Å². The van der Waals surface area contributed by atoms with Crippen molar-refractivity contribution in [2.24, 2.45) is 11.1 Å². The summed E-state index contributed by atoms with van der Waals surface area (Å²) in [4.78, 5) is 0. The van der Waals surface area contributed by atoms with Gasteiger partial charge in [0.15, 0.2) is 0 Å². The van der Waals surface area contributed by atoms with E-state index in [9.17, 15) is 0 Å². The van der Waals surface area contributed by atoms with Gasteiger partial charge in [0.05, 0.1) is 6.61 Å². The summed E-state index contributed by atoms with van der Waals surface area (Å²) >= 11 is 0. The van der Waals surface area contributed by atoms with Gasteiger partial charge < -0.3 is 10.5 Å². The van der Waals surface area contributed by atoms with Crippen molar-refractivity contribution in [1.82, 2.24) is 0 Å². The standard InChI is InChI=1S/C18H31NO/c1-5-18(6-2,14-19)11-8-12-20-17-10-7-9-16(13-17)15(3)4/h7,9-10,13,15H,5-6,8,11-12,14,19H2,1-4H3. The van der Waals surface area contributed by atoms with Crippen LogP contribution < -0.4 is 10.5 Å². The quantitative estimate of drug-likeness (QED) is 0.662. The first kappa shape index (κ1) is 17.0. The van der Waals surface area contributed by atoms with E-state index in [-0.39, 0.29) is 0 Å². The lowest BCUT2D eigenvalue weighted by Crippen LogP contribution is -2.29. The first-order valence-corrected chi connectivity index (χ1v) is 7.99. The topological polar surface area (TPSA) is 35.2 Å². The fraction of sp³-hybridized carbons (Fsp3) is 0.667. The highest BCUT2D eigenvalue weighted by atomic mass is 16.5. The lowest BCUT2D eigenvalue weighted by molar-refractivity contribution is 0.213. The molecule has 1 aromatic carbocycles. The van der Waals surface area contributed by atoms with E-state index in [0.717, 1.165) is 44.6 Å². The lowest BCUT2D eigenvalue weighted by Gasteiger charge is -2.30. The summed E-state index contributed by atoms with van der Waals surface area (Å²) in [5.74, 6) is 1.53. The van der Waals surface area contributed by atoms with E-state index < -0.39 is 0 Å². The molecule has 0 unspecified atom stereocenters. The Morgan fingerprint density at radius 1 is 1.20 bits per heavy atom. The predicted molar refractivity (Wildman–Crippen MR) is 87.3 cm³/mol. The molecule has 1 aromatic rings. The number of ether oxygens (including phenoxy) is 1. The smallest absolute Gasteiger partial charge is 0.119 e. The molecule has 0 saturated heterocycles. The fourth-order valence-electron chi connectivity index (χ4n) is 2.59. The molecule has 0 atom stereocenters. The van der Waals surface area contributed by atoms with Crippen LogP contribution in [0, 0.1) is 5.41 Å². The minimum atomic E-state index is 0.309. The van der Waals surface area contributed by atoms with E-state index in [2.05, 4.69) is 45.9 Å². The third-order valence-corrected chi connectivity index (χ3v) is 4.58. The first-order chi connectivity index (χ1) is 9.56. The van der Waals surface area contributed by atoms with Crippen LogP contribution in [0.4, 0.5) is 0 Å². The van der Waals surface area contributed by atoms with Crippen molar-refractivity contribution in [3.63, 3.8) is 0 Å². The zero-order valence-electron chi connectivity index (χ0n) is 13.6. The number of hydrogen-bond acceptors (Lipinski definition) is 2. The van der Waals surface area contributed by atoms with Crippen LogP contribution in [0.1, 0.15) is 64.9 Å². The van der Waals surface area contributed by atoms with E-state index >= 15 is 0 Å². The summed E-state index contributed by atoms with van der Waals surface area (Å²) < 4.78 is 5.88. The molecule has 2 N–H and O–H groups in total. The third-order valence-electron chi connectivity index (χ3n) is 4.58. The molecule has 2 nitrogen and oxygen atoms in total. The summed E-state index contributed by atoms with van der Waals surface area (Å²) in [6.07, 6.45) is 4.54. The summed E-state index contributed by atoms with van der Waals surface area (Å²) in [7, 11) is 0. The van der Waals surface area contributed by atoms with Gasteiger partial charge in [0.2, 0.25) is 0 Å². The highest BCUT2D eigenvalue weighted by Crippen LogP contribution is 2.30.